The fraction of sp³-hybridized carbons (Fsp3) is 0.421. The summed E-state index contributed by atoms with van der Waals surface area (Å²) in [5.41, 5.74) is 4.25. The number of carbonyl (C=O) groups excluding carboxylic acids is 1. The summed E-state index contributed by atoms with van der Waals surface area (Å²) < 4.78 is 1.91. The van der Waals surface area contributed by atoms with Crippen LogP contribution in [0.25, 0.3) is 0 Å². The second-order valence-corrected chi connectivity index (χ2v) is 6.79. The summed E-state index contributed by atoms with van der Waals surface area (Å²) in [6.07, 6.45) is 2.37. The third-order valence-corrected chi connectivity index (χ3v) is 5.19. The predicted octanol–water partition coefficient (Wildman–Crippen LogP) is 1.97. The molecule has 1 aromatic carbocycles. The highest BCUT2D eigenvalue weighted by Gasteiger charge is 2.33. The number of carboxylic acid groups (broad SMARTS) is 1. The Morgan fingerprint density at radius 2 is 2.08 bits per heavy atom. The van der Waals surface area contributed by atoms with E-state index in [1.165, 1.54) is 11.1 Å². The van der Waals surface area contributed by atoms with Gasteiger partial charge in [-0.2, -0.15) is 5.10 Å². The van der Waals surface area contributed by atoms with Gasteiger partial charge in [-0.1, -0.05) is 24.3 Å². The molecule has 4 rings (SSSR count). The molecule has 0 bridgehead atoms. The lowest BCUT2D eigenvalue weighted by Gasteiger charge is -2.30. The third-order valence-electron chi connectivity index (χ3n) is 5.19. The van der Waals surface area contributed by atoms with E-state index in [4.69, 9.17) is 5.11 Å². The molecule has 0 spiro atoms. The van der Waals surface area contributed by atoms with Crippen molar-refractivity contribution < 1.29 is 14.7 Å². The third kappa shape index (κ3) is 3.04. The van der Waals surface area contributed by atoms with Crippen molar-refractivity contribution in [1.29, 1.82) is 0 Å². The number of carboxylic acids is 1. The fourth-order valence-electron chi connectivity index (χ4n) is 3.91. The molecule has 1 unspecified atom stereocenters. The number of nitrogens with zero attached hydrogens (tertiary/aromatic N) is 3. The molecule has 2 heterocycles. The minimum atomic E-state index is -0.817. The number of carbonyl (C=O) groups is 2. The SMILES string of the molecule is O=C(O)CCc1cc2n(n1)CCN(C(=O)C1CCc3ccccc31)C2. The van der Waals surface area contributed by atoms with Gasteiger partial charge in [0.05, 0.1) is 36.8 Å². The summed E-state index contributed by atoms with van der Waals surface area (Å²) in [5.74, 6) is -0.649. The Hall–Kier alpha value is -2.63. The van der Waals surface area contributed by atoms with E-state index < -0.39 is 5.97 Å². The minimum absolute atomic E-state index is 0.0304. The molecule has 1 N–H and O–H groups in total. The number of benzene rings is 1. The van der Waals surface area contributed by atoms with E-state index in [2.05, 4.69) is 17.2 Å². The predicted molar refractivity (Wildman–Crippen MR) is 91.1 cm³/mol. The molecule has 1 amide bonds. The maximum Gasteiger partial charge on any atom is 0.303 e. The van der Waals surface area contributed by atoms with Crippen LogP contribution < -0.4 is 0 Å². The lowest BCUT2D eigenvalue weighted by molar-refractivity contribution is -0.137. The van der Waals surface area contributed by atoms with Gasteiger partial charge >= 0.3 is 5.97 Å². The van der Waals surface area contributed by atoms with Gasteiger partial charge in [0.2, 0.25) is 5.91 Å². The molecule has 0 fully saturated rings. The first-order chi connectivity index (χ1) is 12.1. The molecule has 2 aliphatic rings. The molecule has 2 aromatic rings. The molecule has 0 saturated heterocycles. The summed E-state index contributed by atoms with van der Waals surface area (Å²) in [4.78, 5) is 25.7. The van der Waals surface area contributed by atoms with Crippen molar-refractivity contribution in [2.75, 3.05) is 6.54 Å². The molecule has 25 heavy (non-hydrogen) atoms. The molecular weight excluding hydrogens is 318 g/mol. The Labute approximate surface area is 146 Å². The number of rotatable bonds is 4. The summed E-state index contributed by atoms with van der Waals surface area (Å²) in [5, 5.41) is 13.3. The Kier molecular flexibility index (Phi) is 4.03. The number of hydrogen-bond acceptors (Lipinski definition) is 3. The van der Waals surface area contributed by atoms with Gasteiger partial charge in [-0.25, -0.2) is 0 Å². The molecule has 0 radical (unpaired) electrons. The van der Waals surface area contributed by atoms with E-state index in [1.807, 2.05) is 27.8 Å². The molecule has 1 aliphatic heterocycles. The second-order valence-electron chi connectivity index (χ2n) is 6.79. The van der Waals surface area contributed by atoms with Crippen LogP contribution >= 0.6 is 0 Å². The number of fused-ring (bicyclic) bond motifs is 2. The quantitative estimate of drug-likeness (QED) is 0.924. The summed E-state index contributed by atoms with van der Waals surface area (Å²) >= 11 is 0. The highest BCUT2D eigenvalue weighted by molar-refractivity contribution is 5.85. The van der Waals surface area contributed by atoms with Gasteiger partial charge in [0.15, 0.2) is 0 Å². The van der Waals surface area contributed by atoms with Gasteiger partial charge in [0.1, 0.15) is 0 Å². The average molecular weight is 339 g/mol. The molecule has 1 aromatic heterocycles. The van der Waals surface area contributed by atoms with E-state index in [0.717, 1.165) is 24.2 Å². The zero-order valence-electron chi connectivity index (χ0n) is 14.0. The molecule has 6 nitrogen and oxygen atoms in total. The molecular formula is C19H21N3O3. The van der Waals surface area contributed by atoms with Crippen molar-refractivity contribution in [2.24, 2.45) is 0 Å². The van der Waals surface area contributed by atoms with Gasteiger partial charge in [-0.3, -0.25) is 14.3 Å². The van der Waals surface area contributed by atoms with Crippen LogP contribution in [0.1, 0.15) is 41.3 Å². The van der Waals surface area contributed by atoms with Crippen molar-refractivity contribution >= 4 is 11.9 Å². The Morgan fingerprint density at radius 3 is 2.92 bits per heavy atom. The number of aliphatic carboxylic acids is 1. The first-order valence-electron chi connectivity index (χ1n) is 8.76. The number of aromatic nitrogens is 2. The van der Waals surface area contributed by atoms with Crippen molar-refractivity contribution in [2.45, 2.75) is 44.7 Å². The zero-order valence-corrected chi connectivity index (χ0v) is 14.0. The van der Waals surface area contributed by atoms with Crippen LogP contribution in [0.2, 0.25) is 0 Å². The number of amides is 1. The van der Waals surface area contributed by atoms with Gasteiger partial charge < -0.3 is 10.0 Å². The molecule has 1 aliphatic carbocycles. The van der Waals surface area contributed by atoms with E-state index in [9.17, 15) is 9.59 Å². The van der Waals surface area contributed by atoms with Crippen molar-refractivity contribution in [1.82, 2.24) is 14.7 Å². The smallest absolute Gasteiger partial charge is 0.303 e. The molecule has 1 atom stereocenters. The zero-order chi connectivity index (χ0) is 17.4. The summed E-state index contributed by atoms with van der Waals surface area (Å²) in [7, 11) is 0. The monoisotopic (exact) mass is 339 g/mol. The van der Waals surface area contributed by atoms with Gasteiger partial charge in [0.25, 0.3) is 0 Å². The first kappa shape index (κ1) is 15.9. The van der Waals surface area contributed by atoms with E-state index in [-0.39, 0.29) is 18.2 Å². The molecule has 0 saturated carbocycles. The Balaban J connectivity index is 1.47. The molecule has 6 heteroatoms. The van der Waals surface area contributed by atoms with Crippen LogP contribution in [0, 0.1) is 0 Å². The van der Waals surface area contributed by atoms with Gasteiger partial charge in [-0.05, 0) is 30.0 Å². The van der Waals surface area contributed by atoms with E-state index in [0.29, 0.717) is 26.1 Å². The highest BCUT2D eigenvalue weighted by Crippen LogP contribution is 2.35. The van der Waals surface area contributed by atoms with Crippen molar-refractivity contribution in [3.8, 4) is 0 Å². The van der Waals surface area contributed by atoms with Gasteiger partial charge in [-0.15, -0.1) is 0 Å². The van der Waals surface area contributed by atoms with E-state index >= 15 is 0 Å². The number of hydrogen-bond donors (Lipinski definition) is 1. The van der Waals surface area contributed by atoms with Crippen molar-refractivity contribution in [3.05, 3.63) is 52.8 Å². The highest BCUT2D eigenvalue weighted by atomic mass is 16.4. The van der Waals surface area contributed by atoms with Crippen LogP contribution in [0.15, 0.2) is 30.3 Å². The van der Waals surface area contributed by atoms with Gasteiger partial charge in [0, 0.05) is 13.0 Å². The summed E-state index contributed by atoms with van der Waals surface area (Å²) in [6.45, 7) is 1.88. The number of aryl methyl sites for hydroxylation is 2. The summed E-state index contributed by atoms with van der Waals surface area (Å²) in [6, 6.07) is 10.2. The standard InChI is InChI=1S/C19H21N3O3/c23-18(24)8-6-14-11-15-12-21(9-10-22(15)20-14)19(25)17-7-5-13-3-1-2-4-16(13)17/h1-4,11,17H,5-10,12H2,(H,23,24). The van der Waals surface area contributed by atoms with Crippen LogP contribution in [-0.2, 0) is 35.5 Å². The lowest BCUT2D eigenvalue weighted by Crippen LogP contribution is -2.40. The van der Waals surface area contributed by atoms with E-state index in [1.54, 1.807) is 0 Å². The normalized spacial score (nSPS) is 18.7. The minimum Gasteiger partial charge on any atom is -0.481 e. The Bertz CT molecular complexity index is 827. The van der Waals surface area contributed by atoms with Crippen LogP contribution in [-0.4, -0.2) is 38.2 Å². The topological polar surface area (TPSA) is 75.4 Å². The second kappa shape index (κ2) is 6.35. The maximum atomic E-state index is 13.0. The average Bonchev–Trinajstić information content (AvgIpc) is 3.22. The largest absolute Gasteiger partial charge is 0.481 e. The Morgan fingerprint density at radius 1 is 1.24 bits per heavy atom. The maximum absolute atomic E-state index is 13.0. The van der Waals surface area contributed by atoms with Crippen LogP contribution in [0.5, 0.6) is 0 Å². The van der Waals surface area contributed by atoms with Crippen LogP contribution in [0.3, 0.4) is 0 Å². The fourth-order valence-corrected chi connectivity index (χ4v) is 3.91. The first-order valence-corrected chi connectivity index (χ1v) is 8.76. The molecule has 130 valence electrons. The van der Waals surface area contributed by atoms with Crippen molar-refractivity contribution in [3.63, 3.8) is 0 Å². The van der Waals surface area contributed by atoms with Crippen LogP contribution in [0.4, 0.5) is 0 Å². The lowest BCUT2D eigenvalue weighted by atomic mass is 9.99.